The number of carboxylic acid groups (broad SMARTS) is 1. The fraction of sp³-hybridized carbons (Fsp3) is 0.520. The van der Waals surface area contributed by atoms with E-state index >= 15 is 0 Å². The molecule has 10 heteroatoms. The summed E-state index contributed by atoms with van der Waals surface area (Å²) in [5.74, 6) is -2.18. The topological polar surface area (TPSA) is 90.5 Å². The number of aliphatic carboxylic acids is 1. The van der Waals surface area contributed by atoms with Crippen LogP contribution in [0.1, 0.15) is 43.0 Å². The molecule has 2 saturated carbocycles. The second kappa shape index (κ2) is 8.43. The van der Waals surface area contributed by atoms with Crippen LogP contribution in [0.15, 0.2) is 29.3 Å². The molecule has 2 N–H and O–H groups in total. The highest BCUT2D eigenvalue weighted by Crippen LogP contribution is 2.69. The maximum Gasteiger partial charge on any atom is 0.326 e. The summed E-state index contributed by atoms with van der Waals surface area (Å²) in [6.45, 7) is 3.82. The summed E-state index contributed by atoms with van der Waals surface area (Å²) in [5, 5.41) is 11.8. The van der Waals surface area contributed by atoms with Gasteiger partial charge in [-0.3, -0.25) is 14.5 Å². The molecule has 6 nitrogen and oxygen atoms in total. The van der Waals surface area contributed by atoms with Crippen molar-refractivity contribution in [1.82, 2.24) is 9.88 Å². The number of carboxylic acids is 1. The zero-order valence-corrected chi connectivity index (χ0v) is 22.3. The van der Waals surface area contributed by atoms with E-state index in [0.29, 0.717) is 5.02 Å². The summed E-state index contributed by atoms with van der Waals surface area (Å²) < 4.78 is 0.727. The first-order valence-electron chi connectivity index (χ1n) is 11.9. The number of benzene rings is 1. The Morgan fingerprint density at radius 2 is 1.86 bits per heavy atom. The van der Waals surface area contributed by atoms with E-state index in [9.17, 15) is 19.5 Å². The molecule has 8 unspecified atom stereocenters. The van der Waals surface area contributed by atoms with Crippen LogP contribution in [0.5, 0.6) is 0 Å². The van der Waals surface area contributed by atoms with Gasteiger partial charge in [-0.25, -0.2) is 4.79 Å². The molecule has 0 radical (unpaired) electrons. The number of hydrogen-bond acceptors (Lipinski definition) is 6. The third-order valence-corrected chi connectivity index (χ3v) is 11.5. The van der Waals surface area contributed by atoms with Crippen molar-refractivity contribution in [1.29, 1.82) is 0 Å². The van der Waals surface area contributed by atoms with Crippen LogP contribution in [-0.2, 0) is 14.4 Å². The van der Waals surface area contributed by atoms with E-state index in [1.807, 2.05) is 38.1 Å². The van der Waals surface area contributed by atoms with Crippen molar-refractivity contribution in [2.45, 2.75) is 48.9 Å². The lowest BCUT2D eigenvalue weighted by Crippen LogP contribution is -2.47. The van der Waals surface area contributed by atoms with Crippen LogP contribution in [0.3, 0.4) is 0 Å². The van der Waals surface area contributed by atoms with Crippen LogP contribution in [0, 0.1) is 39.5 Å². The molecule has 1 aromatic carbocycles. The first kappa shape index (κ1) is 23.7. The predicted molar refractivity (Wildman–Crippen MR) is 137 cm³/mol. The Morgan fingerprint density at radius 3 is 2.49 bits per heavy atom. The van der Waals surface area contributed by atoms with E-state index in [-0.39, 0.29) is 53.1 Å². The van der Waals surface area contributed by atoms with Crippen LogP contribution in [0.25, 0.3) is 0 Å². The van der Waals surface area contributed by atoms with Gasteiger partial charge in [-0.05, 0) is 66.4 Å². The van der Waals surface area contributed by atoms with Gasteiger partial charge in [-0.1, -0.05) is 37.6 Å². The molecule has 2 aliphatic heterocycles. The molecular weight excluding hydrogens is 524 g/mol. The smallest absolute Gasteiger partial charge is 0.326 e. The third-order valence-electron chi connectivity index (χ3n) is 8.28. The van der Waals surface area contributed by atoms with Gasteiger partial charge in [0.15, 0.2) is 3.95 Å². The number of fused-ring (bicyclic) bond motifs is 9. The first-order chi connectivity index (χ1) is 16.7. The molecule has 1 aromatic heterocycles. The number of aromatic nitrogens is 1. The highest BCUT2D eigenvalue weighted by molar-refractivity contribution is 8.00. The first-order valence-corrected chi connectivity index (χ1v) is 14.4. The Labute approximate surface area is 221 Å². The number of hydrogen-bond donors (Lipinski definition) is 2. The largest absolute Gasteiger partial charge is 0.480 e. The summed E-state index contributed by atoms with van der Waals surface area (Å²) in [6.07, 6.45) is 1.09. The molecule has 6 rings (SSSR count). The SMILES string of the molecule is CC(C)CC(C(=O)O)N1C(=O)C2C3CC(C2C1=O)C1C(c2ccc(Cl)cc2)c2sc(=S)[nH]c2SC31. The van der Waals surface area contributed by atoms with E-state index in [2.05, 4.69) is 4.98 Å². The lowest BCUT2D eigenvalue weighted by Gasteiger charge is -2.43. The van der Waals surface area contributed by atoms with Gasteiger partial charge < -0.3 is 10.1 Å². The van der Waals surface area contributed by atoms with E-state index < -0.39 is 23.8 Å². The molecular formula is C25H25ClN2O4S3. The average Bonchev–Trinajstić information content (AvgIpc) is 3.52. The molecule has 2 aliphatic carbocycles. The Kier molecular flexibility index (Phi) is 5.71. The second-order valence-corrected chi connectivity index (χ2v) is 13.9. The van der Waals surface area contributed by atoms with Gasteiger partial charge in [0.2, 0.25) is 11.8 Å². The van der Waals surface area contributed by atoms with Crippen LogP contribution >= 0.6 is 46.9 Å². The van der Waals surface area contributed by atoms with Crippen LogP contribution in [0.4, 0.5) is 0 Å². The highest BCUT2D eigenvalue weighted by Gasteiger charge is 2.70. The summed E-state index contributed by atoms with van der Waals surface area (Å²) in [6, 6.07) is 6.79. The maximum atomic E-state index is 13.7. The number of carbonyl (C=O) groups excluding carboxylic acids is 2. The molecule has 3 heterocycles. The van der Waals surface area contributed by atoms with Crippen LogP contribution in [0.2, 0.25) is 5.02 Å². The van der Waals surface area contributed by atoms with Gasteiger partial charge in [-0.15, -0.1) is 23.1 Å². The zero-order valence-electron chi connectivity index (χ0n) is 19.1. The summed E-state index contributed by atoms with van der Waals surface area (Å²) in [5.41, 5.74) is 1.14. The number of thioether (sulfide) groups is 1. The van der Waals surface area contributed by atoms with E-state index in [0.717, 1.165) is 25.9 Å². The fourth-order valence-electron chi connectivity index (χ4n) is 7.15. The average molecular weight is 549 g/mol. The van der Waals surface area contributed by atoms with Gasteiger partial charge >= 0.3 is 5.97 Å². The predicted octanol–water partition coefficient (Wildman–Crippen LogP) is 5.43. The number of amides is 2. The Hall–Kier alpha value is -1.68. The molecule has 2 bridgehead atoms. The molecule has 3 fully saturated rings. The molecule has 8 atom stereocenters. The van der Waals surface area contributed by atoms with Crippen LogP contribution in [-0.4, -0.2) is 44.1 Å². The third kappa shape index (κ3) is 3.49. The van der Waals surface area contributed by atoms with E-state index in [4.69, 9.17) is 23.8 Å². The number of thiazole rings is 1. The summed E-state index contributed by atoms with van der Waals surface area (Å²) in [7, 11) is 0. The maximum absolute atomic E-state index is 13.7. The lowest BCUT2D eigenvalue weighted by molar-refractivity contribution is -0.156. The Morgan fingerprint density at radius 1 is 1.20 bits per heavy atom. The number of nitrogens with zero attached hydrogens (tertiary/aromatic N) is 1. The molecule has 35 heavy (non-hydrogen) atoms. The minimum Gasteiger partial charge on any atom is -0.480 e. The van der Waals surface area contributed by atoms with Crippen molar-refractivity contribution in [2.24, 2.45) is 35.5 Å². The van der Waals surface area contributed by atoms with E-state index in [1.54, 1.807) is 23.1 Å². The number of rotatable bonds is 5. The Bertz CT molecular complexity index is 1290. The Balaban J connectivity index is 1.42. The molecule has 4 aliphatic rings. The normalized spacial score (nSPS) is 33.7. The summed E-state index contributed by atoms with van der Waals surface area (Å²) in [4.78, 5) is 45.1. The number of carbonyl (C=O) groups is 3. The molecule has 1 saturated heterocycles. The standard InChI is InChI=1S/C25H25ClN2O4S3/c1-9(2)7-14(24(31)32)28-22(29)17-12-8-13(18(17)23(28)30)19-16(12)15(10-3-5-11(26)6-4-10)20-21(34-19)27-25(33)35-20/h3-6,9,12-19H,7-8H2,1-2H3,(H,27,33)(H,31,32). The van der Waals surface area contributed by atoms with Gasteiger partial charge in [0.25, 0.3) is 0 Å². The fourth-order valence-corrected chi connectivity index (χ4v) is 10.6. The number of likely N-dealkylation sites (tertiary alicyclic amines) is 1. The number of nitrogens with one attached hydrogen (secondary N) is 1. The molecule has 184 valence electrons. The highest BCUT2D eigenvalue weighted by atomic mass is 35.5. The number of halogens is 1. The molecule has 2 amide bonds. The molecule has 0 spiro atoms. The minimum atomic E-state index is -1.10. The number of aromatic amines is 1. The quantitative estimate of drug-likeness (QED) is 0.382. The van der Waals surface area contributed by atoms with Gasteiger partial charge in [0.1, 0.15) is 6.04 Å². The summed E-state index contributed by atoms with van der Waals surface area (Å²) >= 11 is 15.0. The zero-order chi connectivity index (χ0) is 24.8. The number of H-pyrrole nitrogens is 1. The van der Waals surface area contributed by atoms with Gasteiger partial charge in [0, 0.05) is 21.1 Å². The van der Waals surface area contributed by atoms with Gasteiger partial charge in [0.05, 0.1) is 16.9 Å². The van der Waals surface area contributed by atoms with Crippen molar-refractivity contribution in [3.05, 3.63) is 43.7 Å². The molecule has 2 aromatic rings. The van der Waals surface area contributed by atoms with Crippen LogP contribution < -0.4 is 0 Å². The van der Waals surface area contributed by atoms with Crippen molar-refractivity contribution in [3.63, 3.8) is 0 Å². The van der Waals surface area contributed by atoms with Crippen molar-refractivity contribution >= 4 is 64.7 Å². The van der Waals surface area contributed by atoms with Crippen molar-refractivity contribution in [3.8, 4) is 0 Å². The monoisotopic (exact) mass is 548 g/mol. The van der Waals surface area contributed by atoms with Gasteiger partial charge in [-0.2, -0.15) is 0 Å². The second-order valence-electron chi connectivity index (χ2n) is 10.5. The van der Waals surface area contributed by atoms with Crippen molar-refractivity contribution in [2.75, 3.05) is 0 Å². The van der Waals surface area contributed by atoms with Crippen molar-refractivity contribution < 1.29 is 19.5 Å². The van der Waals surface area contributed by atoms with E-state index in [1.165, 1.54) is 4.88 Å². The minimum absolute atomic E-state index is 0.0296. The lowest BCUT2D eigenvalue weighted by atomic mass is 9.68. The number of imide groups is 1.